The van der Waals surface area contributed by atoms with E-state index in [-0.39, 0.29) is 12.4 Å². The topological polar surface area (TPSA) is 55.4 Å². The molecule has 1 fully saturated rings. The second kappa shape index (κ2) is 8.95. The zero-order valence-electron chi connectivity index (χ0n) is 15.5. The van der Waals surface area contributed by atoms with Crippen molar-refractivity contribution in [2.45, 2.75) is 37.5 Å². The normalized spacial score (nSPS) is 15.2. The molecule has 1 saturated carbocycles. The van der Waals surface area contributed by atoms with E-state index in [9.17, 15) is 18.4 Å². The van der Waals surface area contributed by atoms with E-state index in [1.165, 1.54) is 24.3 Å². The summed E-state index contributed by atoms with van der Waals surface area (Å²) in [4.78, 5) is 24.7. The van der Waals surface area contributed by atoms with E-state index in [0.29, 0.717) is 31.4 Å². The summed E-state index contributed by atoms with van der Waals surface area (Å²) < 4.78 is 31.8. The number of hydrogen-bond acceptors (Lipinski definition) is 3. The molecule has 1 N–H and O–H groups in total. The third kappa shape index (κ3) is 4.74. The van der Waals surface area contributed by atoms with Gasteiger partial charge in [0.25, 0.3) is 5.91 Å². The Hall–Kier alpha value is -2.76. The number of esters is 1. The number of carbonyl (C=O) groups excluding carboxylic acids is 2. The van der Waals surface area contributed by atoms with Gasteiger partial charge in [-0.2, -0.15) is 0 Å². The van der Waals surface area contributed by atoms with Crippen molar-refractivity contribution in [3.63, 3.8) is 0 Å². The Bertz CT molecular complexity index is 830. The van der Waals surface area contributed by atoms with Crippen molar-refractivity contribution in [2.75, 3.05) is 13.2 Å². The smallest absolute Gasteiger partial charge is 0.317 e. The average Bonchev–Trinajstić information content (AvgIpc) is 3.19. The molecule has 2 aromatic carbocycles. The van der Waals surface area contributed by atoms with Crippen LogP contribution in [0.25, 0.3) is 0 Å². The first-order valence-corrected chi connectivity index (χ1v) is 9.44. The first kappa shape index (κ1) is 20.0. The molecule has 148 valence electrons. The maximum Gasteiger partial charge on any atom is 0.317 e. The third-order valence-corrected chi connectivity index (χ3v) is 5.21. The van der Waals surface area contributed by atoms with Crippen molar-refractivity contribution < 1.29 is 23.1 Å². The molecular weight excluding hydrogens is 364 g/mol. The molecule has 0 heterocycles. The summed E-state index contributed by atoms with van der Waals surface area (Å²) in [6, 6.07) is 12.1. The first-order valence-electron chi connectivity index (χ1n) is 9.44. The molecular formula is C22H23F2NO3. The van der Waals surface area contributed by atoms with Gasteiger partial charge in [0.1, 0.15) is 11.6 Å². The van der Waals surface area contributed by atoms with Crippen molar-refractivity contribution in [3.05, 3.63) is 71.3 Å². The second-order valence-corrected chi connectivity index (χ2v) is 7.10. The zero-order chi connectivity index (χ0) is 20.0. The molecule has 0 saturated heterocycles. The first-order chi connectivity index (χ1) is 13.5. The fourth-order valence-corrected chi connectivity index (χ4v) is 3.69. The Kier molecular flexibility index (Phi) is 6.39. The molecule has 0 spiro atoms. The summed E-state index contributed by atoms with van der Waals surface area (Å²) in [5, 5.41) is 2.68. The molecule has 0 unspecified atom stereocenters. The van der Waals surface area contributed by atoms with E-state index in [1.807, 2.05) is 0 Å². The number of nitrogens with one attached hydrogen (secondary N) is 1. The highest BCUT2D eigenvalue weighted by atomic mass is 19.1. The molecule has 0 aromatic heterocycles. The lowest BCUT2D eigenvalue weighted by Gasteiger charge is -2.27. The fraction of sp³-hybridized carbons (Fsp3) is 0.364. The molecule has 0 aliphatic heterocycles. The van der Waals surface area contributed by atoms with Crippen molar-refractivity contribution in [3.8, 4) is 0 Å². The molecule has 0 bridgehead atoms. The standard InChI is InChI=1S/C22H23F2NO3/c23-18-8-6-16(7-9-18)10-13-25-20(26)15-28-21(27)22(11-1-2-12-22)17-4-3-5-19(24)14-17/h3-9,14H,1-2,10-13,15H2,(H,25,26). The molecule has 1 aliphatic carbocycles. The lowest BCUT2D eigenvalue weighted by atomic mass is 9.79. The summed E-state index contributed by atoms with van der Waals surface area (Å²) in [6.07, 6.45) is 3.43. The van der Waals surface area contributed by atoms with Crippen LogP contribution in [0, 0.1) is 11.6 Å². The lowest BCUT2D eigenvalue weighted by molar-refractivity contribution is -0.154. The maximum absolute atomic E-state index is 13.6. The monoisotopic (exact) mass is 387 g/mol. The van der Waals surface area contributed by atoms with E-state index in [4.69, 9.17) is 4.74 Å². The highest BCUT2D eigenvalue weighted by Crippen LogP contribution is 2.42. The van der Waals surface area contributed by atoms with Gasteiger partial charge in [0.2, 0.25) is 0 Å². The number of carbonyl (C=O) groups is 2. The van der Waals surface area contributed by atoms with Crippen LogP contribution in [0.5, 0.6) is 0 Å². The largest absolute Gasteiger partial charge is 0.455 e. The number of hydrogen-bond donors (Lipinski definition) is 1. The zero-order valence-corrected chi connectivity index (χ0v) is 15.5. The Labute approximate surface area is 162 Å². The molecule has 6 heteroatoms. The highest BCUT2D eigenvalue weighted by molar-refractivity contribution is 5.86. The number of ether oxygens (including phenoxy) is 1. The van der Waals surface area contributed by atoms with Gasteiger partial charge in [-0.1, -0.05) is 37.1 Å². The van der Waals surface area contributed by atoms with Gasteiger partial charge in [0, 0.05) is 6.54 Å². The Morgan fingerprint density at radius 1 is 1.00 bits per heavy atom. The van der Waals surface area contributed by atoms with Gasteiger partial charge >= 0.3 is 5.97 Å². The van der Waals surface area contributed by atoms with Gasteiger partial charge in [0.15, 0.2) is 6.61 Å². The molecule has 3 rings (SSSR count). The van der Waals surface area contributed by atoms with Crippen LogP contribution in [-0.2, 0) is 26.2 Å². The van der Waals surface area contributed by atoms with Crippen LogP contribution < -0.4 is 5.32 Å². The van der Waals surface area contributed by atoms with E-state index < -0.39 is 23.1 Å². The van der Waals surface area contributed by atoms with Crippen LogP contribution in [0.1, 0.15) is 36.8 Å². The molecule has 0 radical (unpaired) electrons. The van der Waals surface area contributed by atoms with E-state index in [2.05, 4.69) is 5.32 Å². The highest BCUT2D eigenvalue weighted by Gasteiger charge is 2.44. The van der Waals surface area contributed by atoms with Crippen molar-refractivity contribution in [1.82, 2.24) is 5.32 Å². The predicted octanol–water partition coefficient (Wildman–Crippen LogP) is 3.68. The minimum atomic E-state index is -0.878. The minimum Gasteiger partial charge on any atom is -0.455 e. The molecule has 1 amide bonds. The lowest BCUT2D eigenvalue weighted by Crippen LogP contribution is -2.38. The van der Waals surface area contributed by atoms with E-state index >= 15 is 0 Å². The SMILES string of the molecule is O=C(COC(=O)C1(c2cccc(F)c2)CCCC1)NCCc1ccc(F)cc1. The number of amides is 1. The molecule has 4 nitrogen and oxygen atoms in total. The maximum atomic E-state index is 13.6. The summed E-state index contributed by atoms with van der Waals surface area (Å²) in [7, 11) is 0. The van der Waals surface area contributed by atoms with Crippen LogP contribution in [-0.4, -0.2) is 25.0 Å². The van der Waals surface area contributed by atoms with Gasteiger partial charge in [-0.15, -0.1) is 0 Å². The summed E-state index contributed by atoms with van der Waals surface area (Å²) in [5.41, 5.74) is 0.623. The third-order valence-electron chi connectivity index (χ3n) is 5.21. The fourth-order valence-electron chi connectivity index (χ4n) is 3.69. The van der Waals surface area contributed by atoms with Crippen molar-refractivity contribution in [2.24, 2.45) is 0 Å². The quantitative estimate of drug-likeness (QED) is 0.738. The van der Waals surface area contributed by atoms with Crippen LogP contribution in [0.15, 0.2) is 48.5 Å². The molecule has 1 aliphatic rings. The predicted molar refractivity (Wildman–Crippen MR) is 101 cm³/mol. The summed E-state index contributed by atoms with van der Waals surface area (Å²) in [5.74, 6) is -1.58. The van der Waals surface area contributed by atoms with Gasteiger partial charge in [-0.3, -0.25) is 9.59 Å². The van der Waals surface area contributed by atoms with Crippen LogP contribution >= 0.6 is 0 Å². The molecule has 28 heavy (non-hydrogen) atoms. The van der Waals surface area contributed by atoms with Crippen molar-refractivity contribution >= 4 is 11.9 Å². The van der Waals surface area contributed by atoms with Crippen LogP contribution in [0.3, 0.4) is 0 Å². The number of benzene rings is 2. The second-order valence-electron chi connectivity index (χ2n) is 7.10. The average molecular weight is 387 g/mol. The van der Waals surface area contributed by atoms with E-state index in [0.717, 1.165) is 18.4 Å². The summed E-state index contributed by atoms with van der Waals surface area (Å²) >= 11 is 0. The number of rotatable bonds is 7. The number of halogens is 2. The van der Waals surface area contributed by atoms with Crippen molar-refractivity contribution in [1.29, 1.82) is 0 Å². The van der Waals surface area contributed by atoms with Gasteiger partial charge in [-0.25, -0.2) is 8.78 Å². The Morgan fingerprint density at radius 2 is 1.71 bits per heavy atom. The van der Waals surface area contributed by atoms with Gasteiger partial charge in [-0.05, 0) is 54.7 Å². The molecule has 2 aromatic rings. The summed E-state index contributed by atoms with van der Waals surface area (Å²) in [6.45, 7) is -0.0175. The molecule has 0 atom stereocenters. The van der Waals surface area contributed by atoms with Crippen LogP contribution in [0.4, 0.5) is 8.78 Å². The minimum absolute atomic E-state index is 0.307. The van der Waals surface area contributed by atoms with E-state index in [1.54, 1.807) is 24.3 Å². The Balaban J connectivity index is 1.51. The van der Waals surface area contributed by atoms with Crippen LogP contribution in [0.2, 0.25) is 0 Å². The van der Waals surface area contributed by atoms with Gasteiger partial charge in [0.05, 0.1) is 5.41 Å². The van der Waals surface area contributed by atoms with Gasteiger partial charge < -0.3 is 10.1 Å². The Morgan fingerprint density at radius 3 is 2.39 bits per heavy atom.